The number of methoxy groups -OCH3 is 1. The van der Waals surface area contributed by atoms with Crippen molar-refractivity contribution in [1.82, 2.24) is 9.88 Å². The molecule has 152 valence electrons. The molecule has 3 heterocycles. The zero-order valence-corrected chi connectivity index (χ0v) is 17.5. The predicted molar refractivity (Wildman–Crippen MR) is 108 cm³/mol. The van der Waals surface area contributed by atoms with Gasteiger partial charge in [0.05, 0.1) is 31.1 Å². The maximum absolute atomic E-state index is 13.0. The van der Waals surface area contributed by atoms with Crippen LogP contribution in [0.15, 0.2) is 28.9 Å². The second kappa shape index (κ2) is 6.58. The minimum absolute atomic E-state index is 0.0231. The zero-order valence-electron chi connectivity index (χ0n) is 17.5. The highest BCUT2D eigenvalue weighted by atomic mass is 16.5. The molecule has 7 nitrogen and oxygen atoms in total. The molecule has 0 bridgehead atoms. The number of carbonyl (C=O) groups excluding carboxylic acids is 1. The molecule has 2 fully saturated rings. The summed E-state index contributed by atoms with van der Waals surface area (Å²) >= 11 is 0. The van der Waals surface area contributed by atoms with Gasteiger partial charge in [-0.05, 0) is 6.42 Å². The Morgan fingerprint density at radius 1 is 1.28 bits per heavy atom. The molecule has 4 rings (SSSR count). The Hall–Kier alpha value is -2.88. The van der Waals surface area contributed by atoms with Crippen LogP contribution in [0, 0.1) is 22.2 Å². The van der Waals surface area contributed by atoms with Gasteiger partial charge >= 0.3 is 0 Å². The molecule has 0 atom stereocenters. The van der Waals surface area contributed by atoms with Crippen LogP contribution in [0.1, 0.15) is 39.8 Å². The number of aliphatic imine (C=N–C) groups is 1. The van der Waals surface area contributed by atoms with Crippen LogP contribution in [0.3, 0.4) is 0 Å². The Morgan fingerprint density at radius 2 is 2.00 bits per heavy atom. The van der Waals surface area contributed by atoms with Gasteiger partial charge in [-0.1, -0.05) is 33.8 Å². The molecule has 0 N–H and O–H groups in total. The van der Waals surface area contributed by atoms with E-state index in [2.05, 4.69) is 37.7 Å². The predicted octanol–water partition coefficient (Wildman–Crippen LogP) is 2.76. The van der Waals surface area contributed by atoms with Gasteiger partial charge in [0.15, 0.2) is 11.4 Å². The first kappa shape index (κ1) is 19.4. The third kappa shape index (κ3) is 2.81. The van der Waals surface area contributed by atoms with Crippen LogP contribution < -0.4 is 9.47 Å². The molecule has 1 aromatic heterocycles. The lowest BCUT2D eigenvalue weighted by atomic mass is 9.49. The Bertz CT molecular complexity index is 955. The van der Waals surface area contributed by atoms with Crippen molar-refractivity contribution < 1.29 is 14.3 Å². The molecule has 1 saturated carbocycles. The average molecular weight is 394 g/mol. The van der Waals surface area contributed by atoms with Gasteiger partial charge in [-0.25, -0.2) is 4.98 Å². The van der Waals surface area contributed by atoms with Gasteiger partial charge in [-0.2, -0.15) is 5.26 Å². The molecule has 0 spiro atoms. The summed E-state index contributed by atoms with van der Waals surface area (Å²) < 4.78 is 11.6. The first-order valence-electron chi connectivity index (χ1n) is 9.87. The molecule has 3 aliphatic rings. The molecule has 0 unspecified atom stereocenters. The fraction of sp³-hybridized carbons (Fsp3) is 0.545. The van der Waals surface area contributed by atoms with Gasteiger partial charge in [0.2, 0.25) is 0 Å². The Kier molecular flexibility index (Phi) is 4.41. The minimum Gasteiger partial charge on any atom is -0.494 e. The zero-order chi connectivity index (χ0) is 21.0. The van der Waals surface area contributed by atoms with Gasteiger partial charge in [0.25, 0.3) is 5.91 Å². The fourth-order valence-corrected chi connectivity index (χ4v) is 5.64. The number of pyridine rings is 1. The fourth-order valence-electron chi connectivity index (χ4n) is 5.64. The summed E-state index contributed by atoms with van der Waals surface area (Å²) in [6, 6.07) is 3.73. The number of hydrogen-bond donors (Lipinski definition) is 0. The van der Waals surface area contributed by atoms with Crippen LogP contribution in [0.2, 0.25) is 0 Å². The van der Waals surface area contributed by atoms with Gasteiger partial charge in [0.1, 0.15) is 17.9 Å². The number of carbonyl (C=O) groups is 1. The van der Waals surface area contributed by atoms with Crippen molar-refractivity contribution in [2.24, 2.45) is 15.8 Å². The van der Waals surface area contributed by atoms with Crippen molar-refractivity contribution in [2.75, 3.05) is 20.2 Å². The van der Waals surface area contributed by atoms with Crippen molar-refractivity contribution >= 4 is 11.6 Å². The number of nitrogens with zero attached hydrogens (tertiary/aromatic N) is 4. The van der Waals surface area contributed by atoms with E-state index in [0.717, 1.165) is 24.3 Å². The van der Waals surface area contributed by atoms with Gasteiger partial charge in [-0.3, -0.25) is 9.79 Å². The van der Waals surface area contributed by atoms with E-state index in [-0.39, 0.29) is 34.6 Å². The Morgan fingerprint density at radius 3 is 2.62 bits per heavy atom. The summed E-state index contributed by atoms with van der Waals surface area (Å²) in [5, 5.41) is 9.13. The van der Waals surface area contributed by atoms with E-state index in [4.69, 9.17) is 14.7 Å². The number of amides is 1. The highest BCUT2D eigenvalue weighted by Gasteiger charge is 2.67. The third-order valence-electron chi connectivity index (χ3n) is 6.38. The SMILES string of the molecule is COc1cc(OC2C(C)(C)C(N3CC4=NCCC=C4C3=O)C2(C)C)cnc1C#N. The van der Waals surface area contributed by atoms with Crippen molar-refractivity contribution in [2.45, 2.75) is 46.3 Å². The summed E-state index contributed by atoms with van der Waals surface area (Å²) in [7, 11) is 1.50. The number of fused-ring (bicyclic) bond motifs is 1. The van der Waals surface area contributed by atoms with Crippen LogP contribution in [0.4, 0.5) is 0 Å². The lowest BCUT2D eigenvalue weighted by Crippen LogP contribution is -2.74. The molecule has 0 aromatic carbocycles. The Labute approximate surface area is 171 Å². The van der Waals surface area contributed by atoms with E-state index >= 15 is 0 Å². The number of hydrogen-bond acceptors (Lipinski definition) is 6. The van der Waals surface area contributed by atoms with E-state index < -0.39 is 0 Å². The second-order valence-electron chi connectivity index (χ2n) is 9.04. The van der Waals surface area contributed by atoms with Gasteiger partial charge in [-0.15, -0.1) is 0 Å². The minimum atomic E-state index is -0.269. The van der Waals surface area contributed by atoms with E-state index in [1.54, 1.807) is 12.3 Å². The van der Waals surface area contributed by atoms with E-state index in [1.165, 1.54) is 7.11 Å². The lowest BCUT2D eigenvalue weighted by Gasteiger charge is -2.65. The largest absolute Gasteiger partial charge is 0.494 e. The van der Waals surface area contributed by atoms with Crippen molar-refractivity contribution in [3.63, 3.8) is 0 Å². The monoisotopic (exact) mass is 394 g/mol. The van der Waals surface area contributed by atoms with Crippen molar-refractivity contribution in [1.29, 1.82) is 5.26 Å². The van der Waals surface area contributed by atoms with Crippen LogP contribution in [0.25, 0.3) is 0 Å². The first-order valence-corrected chi connectivity index (χ1v) is 9.87. The van der Waals surface area contributed by atoms with Crippen LogP contribution in [-0.2, 0) is 4.79 Å². The number of dihydropyridines is 1. The molecule has 2 aliphatic heterocycles. The molecular weight excluding hydrogens is 368 g/mol. The summed E-state index contributed by atoms with van der Waals surface area (Å²) in [4.78, 5) is 23.7. The van der Waals surface area contributed by atoms with Gasteiger partial charge in [0, 0.05) is 29.5 Å². The molecule has 1 aromatic rings. The van der Waals surface area contributed by atoms with Crippen LogP contribution in [-0.4, -0.2) is 53.8 Å². The summed E-state index contributed by atoms with van der Waals surface area (Å²) in [5.74, 6) is 1.02. The first-order chi connectivity index (χ1) is 13.7. The van der Waals surface area contributed by atoms with E-state index in [9.17, 15) is 4.79 Å². The van der Waals surface area contributed by atoms with Crippen LogP contribution >= 0.6 is 0 Å². The topological polar surface area (TPSA) is 87.8 Å². The van der Waals surface area contributed by atoms with Crippen molar-refractivity contribution in [3.8, 4) is 17.6 Å². The molecule has 7 heteroatoms. The molecule has 1 saturated heterocycles. The number of rotatable bonds is 4. The maximum atomic E-state index is 13.0. The van der Waals surface area contributed by atoms with Crippen LogP contribution in [0.5, 0.6) is 11.5 Å². The molecule has 29 heavy (non-hydrogen) atoms. The number of aromatic nitrogens is 1. The lowest BCUT2D eigenvalue weighted by molar-refractivity contribution is -0.206. The number of ether oxygens (including phenoxy) is 2. The second-order valence-corrected chi connectivity index (χ2v) is 9.04. The quantitative estimate of drug-likeness (QED) is 0.784. The molecule has 0 radical (unpaired) electrons. The molecular formula is C22H26N4O3. The standard InChI is InChI=1S/C22H26N4O3/c1-21(2)19(26-12-16-14(18(26)27)7-6-8-24-16)22(3,4)20(21)29-13-9-17(28-5)15(10-23)25-11-13/h7,9,11,19-20H,6,8,12H2,1-5H3. The smallest absolute Gasteiger partial charge is 0.256 e. The molecule has 1 aliphatic carbocycles. The summed E-state index contributed by atoms with van der Waals surface area (Å²) in [6.45, 7) is 9.86. The maximum Gasteiger partial charge on any atom is 0.256 e. The average Bonchev–Trinajstić information content (AvgIpc) is 3.01. The summed E-state index contributed by atoms with van der Waals surface area (Å²) in [5.41, 5.74) is 1.37. The highest BCUT2D eigenvalue weighted by molar-refractivity contribution is 6.27. The summed E-state index contributed by atoms with van der Waals surface area (Å²) in [6.07, 6.45) is 4.27. The number of likely N-dealkylation sites (tertiary alicyclic amines) is 1. The van der Waals surface area contributed by atoms with Gasteiger partial charge < -0.3 is 14.4 Å². The molecule has 1 amide bonds. The van der Waals surface area contributed by atoms with E-state index in [0.29, 0.717) is 18.0 Å². The van der Waals surface area contributed by atoms with Crippen molar-refractivity contribution in [3.05, 3.63) is 29.6 Å². The Balaban J connectivity index is 1.59. The third-order valence-corrected chi connectivity index (χ3v) is 6.38. The number of nitriles is 1. The van der Waals surface area contributed by atoms with E-state index in [1.807, 2.05) is 17.0 Å². The normalized spacial score (nSPS) is 26.6. The highest BCUT2D eigenvalue weighted by Crippen LogP contribution is 2.58.